The van der Waals surface area contributed by atoms with Crippen LogP contribution in [0.4, 0.5) is 18.9 Å². The minimum Gasteiger partial charge on any atom is -0.398 e. The summed E-state index contributed by atoms with van der Waals surface area (Å²) in [4.78, 5) is 0. The molecule has 0 atom stereocenters. The lowest BCUT2D eigenvalue weighted by atomic mass is 10.1. The summed E-state index contributed by atoms with van der Waals surface area (Å²) in [5.41, 5.74) is 5.49. The maximum absolute atomic E-state index is 12.7. The van der Waals surface area contributed by atoms with Gasteiger partial charge in [0.15, 0.2) is 5.82 Å². The van der Waals surface area contributed by atoms with Crippen LogP contribution < -0.4 is 5.73 Å². The van der Waals surface area contributed by atoms with Gasteiger partial charge in [-0.25, -0.2) is 0 Å². The molecule has 0 saturated heterocycles. The van der Waals surface area contributed by atoms with Crippen LogP contribution in [-0.2, 0) is 12.7 Å². The number of nitrogen functional groups attached to an aromatic ring is 1. The summed E-state index contributed by atoms with van der Waals surface area (Å²) in [7, 11) is 0. The average molecular weight is 270 g/mol. The zero-order valence-corrected chi connectivity index (χ0v) is 10.5. The molecule has 0 aliphatic heterocycles. The molecule has 0 aliphatic carbocycles. The second kappa shape index (κ2) is 4.56. The molecule has 19 heavy (non-hydrogen) atoms. The van der Waals surface area contributed by atoms with Crippen LogP contribution in [0.1, 0.15) is 18.3 Å². The fraction of sp³-hybridized carbons (Fsp3) is 0.333. The van der Waals surface area contributed by atoms with E-state index >= 15 is 0 Å². The molecule has 7 heteroatoms. The van der Waals surface area contributed by atoms with Gasteiger partial charge in [0.1, 0.15) is 5.82 Å². The highest BCUT2D eigenvalue weighted by atomic mass is 19.4. The minimum atomic E-state index is -4.41. The van der Waals surface area contributed by atoms with Crippen molar-refractivity contribution >= 4 is 5.69 Å². The molecule has 0 saturated carbocycles. The van der Waals surface area contributed by atoms with Crippen molar-refractivity contribution in [1.29, 1.82) is 0 Å². The van der Waals surface area contributed by atoms with Gasteiger partial charge in [-0.1, -0.05) is 0 Å². The van der Waals surface area contributed by atoms with Crippen molar-refractivity contribution in [2.24, 2.45) is 0 Å². The third-order valence-corrected chi connectivity index (χ3v) is 2.87. The molecule has 0 amide bonds. The number of halogens is 3. The highest BCUT2D eigenvalue weighted by molar-refractivity contribution is 5.72. The summed E-state index contributed by atoms with van der Waals surface area (Å²) < 4.78 is 39.9. The highest BCUT2D eigenvalue weighted by Crippen LogP contribution is 2.34. The molecular formula is C12H13F3N4. The summed E-state index contributed by atoms with van der Waals surface area (Å²) >= 11 is 0. The molecule has 1 aromatic carbocycles. The Morgan fingerprint density at radius 2 is 1.95 bits per heavy atom. The van der Waals surface area contributed by atoms with Gasteiger partial charge >= 0.3 is 6.18 Å². The predicted octanol–water partition coefficient (Wildman–Crippen LogP) is 2.87. The Morgan fingerprint density at radius 3 is 2.53 bits per heavy atom. The first-order valence-corrected chi connectivity index (χ1v) is 5.71. The van der Waals surface area contributed by atoms with Gasteiger partial charge < -0.3 is 10.3 Å². The summed E-state index contributed by atoms with van der Waals surface area (Å²) in [6.07, 6.45) is -4.41. The van der Waals surface area contributed by atoms with E-state index in [4.69, 9.17) is 5.73 Å². The van der Waals surface area contributed by atoms with Crippen molar-refractivity contribution in [2.75, 3.05) is 5.73 Å². The first-order valence-electron chi connectivity index (χ1n) is 5.71. The number of benzene rings is 1. The van der Waals surface area contributed by atoms with E-state index in [2.05, 4.69) is 10.2 Å². The molecule has 2 rings (SSSR count). The van der Waals surface area contributed by atoms with Crippen molar-refractivity contribution in [2.45, 2.75) is 26.6 Å². The third kappa shape index (κ3) is 2.40. The Morgan fingerprint density at radius 1 is 1.26 bits per heavy atom. The van der Waals surface area contributed by atoms with Gasteiger partial charge in [0, 0.05) is 17.8 Å². The van der Waals surface area contributed by atoms with Gasteiger partial charge in [-0.3, -0.25) is 0 Å². The molecule has 0 aliphatic rings. The van der Waals surface area contributed by atoms with Crippen LogP contribution in [0.15, 0.2) is 18.2 Å². The van der Waals surface area contributed by atoms with Gasteiger partial charge in [0.05, 0.1) is 5.56 Å². The Kier molecular flexibility index (Phi) is 3.21. The second-order valence-electron chi connectivity index (χ2n) is 4.11. The van der Waals surface area contributed by atoms with E-state index < -0.39 is 11.7 Å². The van der Waals surface area contributed by atoms with Gasteiger partial charge in [-0.15, -0.1) is 10.2 Å². The van der Waals surface area contributed by atoms with Crippen LogP contribution in [-0.4, -0.2) is 14.8 Å². The Labute approximate surface area is 108 Å². The van der Waals surface area contributed by atoms with Crippen molar-refractivity contribution in [1.82, 2.24) is 14.8 Å². The van der Waals surface area contributed by atoms with E-state index in [1.807, 2.05) is 6.92 Å². The maximum atomic E-state index is 12.7. The van der Waals surface area contributed by atoms with Crippen LogP contribution in [0.5, 0.6) is 0 Å². The largest absolute Gasteiger partial charge is 0.416 e. The molecule has 0 fully saturated rings. The Bertz CT molecular complexity index is 602. The SMILES string of the molecule is CCn1c(C)nnc1-c1cc(C(F)(F)F)ccc1N. The van der Waals surface area contributed by atoms with Crippen molar-refractivity contribution < 1.29 is 13.2 Å². The van der Waals surface area contributed by atoms with Crippen LogP contribution in [0.3, 0.4) is 0 Å². The predicted molar refractivity (Wildman–Crippen MR) is 65.3 cm³/mol. The lowest BCUT2D eigenvalue weighted by molar-refractivity contribution is -0.137. The molecule has 0 radical (unpaired) electrons. The molecule has 1 aromatic heterocycles. The number of aryl methyl sites for hydroxylation is 1. The Balaban J connectivity index is 2.61. The normalized spacial score (nSPS) is 11.8. The van der Waals surface area contributed by atoms with E-state index in [0.717, 1.165) is 12.1 Å². The number of alkyl halides is 3. The minimum absolute atomic E-state index is 0.245. The maximum Gasteiger partial charge on any atom is 0.416 e. The molecule has 0 bridgehead atoms. The van der Waals surface area contributed by atoms with E-state index in [1.54, 1.807) is 11.5 Å². The summed E-state index contributed by atoms with van der Waals surface area (Å²) in [5.74, 6) is 0.984. The fourth-order valence-corrected chi connectivity index (χ4v) is 1.89. The average Bonchev–Trinajstić information content (AvgIpc) is 2.69. The summed E-state index contributed by atoms with van der Waals surface area (Å²) in [5, 5.41) is 7.78. The standard InChI is InChI=1S/C12H13F3N4/c1-3-19-7(2)17-18-11(19)9-6-8(12(13,14)15)4-5-10(9)16/h4-6H,3,16H2,1-2H3. The van der Waals surface area contributed by atoms with E-state index in [0.29, 0.717) is 18.2 Å². The van der Waals surface area contributed by atoms with E-state index in [1.165, 1.54) is 6.07 Å². The third-order valence-electron chi connectivity index (χ3n) is 2.87. The van der Waals surface area contributed by atoms with Crippen molar-refractivity contribution in [3.05, 3.63) is 29.6 Å². The second-order valence-corrected chi connectivity index (χ2v) is 4.11. The zero-order chi connectivity index (χ0) is 14.2. The van der Waals surface area contributed by atoms with Crippen LogP contribution >= 0.6 is 0 Å². The van der Waals surface area contributed by atoms with Crippen molar-refractivity contribution in [3.8, 4) is 11.4 Å². The van der Waals surface area contributed by atoms with Gasteiger partial charge in [-0.05, 0) is 32.0 Å². The first kappa shape index (κ1) is 13.4. The quantitative estimate of drug-likeness (QED) is 0.854. The number of nitrogens with two attached hydrogens (primary N) is 1. The number of nitrogens with zero attached hydrogens (tertiary/aromatic N) is 3. The number of hydrogen-bond donors (Lipinski definition) is 1. The van der Waals surface area contributed by atoms with E-state index in [-0.39, 0.29) is 11.3 Å². The highest BCUT2D eigenvalue weighted by Gasteiger charge is 2.31. The molecule has 0 spiro atoms. The molecule has 4 nitrogen and oxygen atoms in total. The number of anilines is 1. The summed E-state index contributed by atoms with van der Waals surface area (Å²) in [6, 6.07) is 3.20. The molecule has 102 valence electrons. The van der Waals surface area contributed by atoms with Gasteiger partial charge in [0.2, 0.25) is 0 Å². The lowest BCUT2D eigenvalue weighted by Crippen LogP contribution is -2.07. The molecule has 2 aromatic rings. The molecule has 0 unspecified atom stereocenters. The number of aromatic nitrogens is 3. The zero-order valence-electron chi connectivity index (χ0n) is 10.5. The van der Waals surface area contributed by atoms with Crippen LogP contribution in [0.2, 0.25) is 0 Å². The molecule has 1 heterocycles. The lowest BCUT2D eigenvalue weighted by Gasteiger charge is -2.11. The topological polar surface area (TPSA) is 56.7 Å². The summed E-state index contributed by atoms with van der Waals surface area (Å²) in [6.45, 7) is 4.16. The molecular weight excluding hydrogens is 257 g/mol. The van der Waals surface area contributed by atoms with Gasteiger partial charge in [-0.2, -0.15) is 13.2 Å². The number of rotatable bonds is 2. The smallest absolute Gasteiger partial charge is 0.398 e. The monoisotopic (exact) mass is 270 g/mol. The van der Waals surface area contributed by atoms with Crippen LogP contribution in [0, 0.1) is 6.92 Å². The fourth-order valence-electron chi connectivity index (χ4n) is 1.89. The Hall–Kier alpha value is -2.05. The van der Waals surface area contributed by atoms with Crippen molar-refractivity contribution in [3.63, 3.8) is 0 Å². The molecule has 2 N–H and O–H groups in total. The first-order chi connectivity index (χ1) is 8.84. The van der Waals surface area contributed by atoms with Crippen LogP contribution in [0.25, 0.3) is 11.4 Å². The van der Waals surface area contributed by atoms with E-state index in [9.17, 15) is 13.2 Å². The number of hydrogen-bond acceptors (Lipinski definition) is 3. The van der Waals surface area contributed by atoms with Gasteiger partial charge in [0.25, 0.3) is 0 Å².